The quantitative estimate of drug-likeness (QED) is 0.436. The van der Waals surface area contributed by atoms with Crippen LogP contribution in [0.4, 0.5) is 5.69 Å². The highest BCUT2D eigenvalue weighted by Gasteiger charge is 2.21. The molecule has 0 aliphatic carbocycles. The van der Waals surface area contributed by atoms with Crippen LogP contribution in [0.25, 0.3) is 0 Å². The Balaban J connectivity index is 3.10. The summed E-state index contributed by atoms with van der Waals surface area (Å²) in [6.07, 6.45) is 1.79. The Morgan fingerprint density at radius 3 is 2.40 bits per heavy atom. The molecule has 112 valence electrons. The van der Waals surface area contributed by atoms with Gasteiger partial charge in [-0.15, -0.1) is 0 Å². The van der Waals surface area contributed by atoms with Gasteiger partial charge in [-0.05, 0) is 12.0 Å². The van der Waals surface area contributed by atoms with E-state index in [-0.39, 0.29) is 22.3 Å². The van der Waals surface area contributed by atoms with E-state index in [1.807, 2.05) is 13.8 Å². The lowest BCUT2D eigenvalue weighted by molar-refractivity contribution is -0.385. The van der Waals surface area contributed by atoms with Gasteiger partial charge in [0.15, 0.2) is 0 Å². The first kappa shape index (κ1) is 16.7. The van der Waals surface area contributed by atoms with Gasteiger partial charge in [0.2, 0.25) is 0 Å². The molecule has 1 rings (SSSR count). The summed E-state index contributed by atoms with van der Waals surface area (Å²) < 4.78 is 28.4. The van der Waals surface area contributed by atoms with Crippen LogP contribution in [0.1, 0.15) is 26.7 Å². The van der Waals surface area contributed by atoms with E-state index >= 15 is 0 Å². The number of hydrogen-bond donors (Lipinski definition) is 0. The number of nitrogens with zero attached hydrogens (tertiary/aromatic N) is 1. The van der Waals surface area contributed by atoms with Crippen molar-refractivity contribution in [2.45, 2.75) is 31.6 Å². The number of hydrogen-bond acceptors (Lipinski definition) is 5. The minimum atomic E-state index is -4.11. The van der Waals surface area contributed by atoms with Crippen LogP contribution in [0.15, 0.2) is 23.1 Å². The number of nitro groups is 1. The van der Waals surface area contributed by atoms with Gasteiger partial charge in [-0.25, -0.2) is 8.42 Å². The summed E-state index contributed by atoms with van der Waals surface area (Å²) >= 11 is 0. The van der Waals surface area contributed by atoms with E-state index in [4.69, 9.17) is 15.4 Å². The molecule has 6 nitrogen and oxygen atoms in total. The summed E-state index contributed by atoms with van der Waals surface area (Å²) in [4.78, 5) is 9.62. The Kier molecular flexibility index (Phi) is 5.76. The molecule has 0 atom stereocenters. The van der Waals surface area contributed by atoms with Gasteiger partial charge in [-0.1, -0.05) is 26.7 Å². The summed E-state index contributed by atoms with van der Waals surface area (Å²) in [5.41, 5.74) is -0.348. The molecule has 0 N–H and O–H groups in total. The molecule has 0 unspecified atom stereocenters. The van der Waals surface area contributed by atoms with Gasteiger partial charge < -0.3 is 4.74 Å². The van der Waals surface area contributed by atoms with E-state index in [2.05, 4.69) is 0 Å². The number of non-ortho nitro benzene ring substituents is 1. The molecule has 0 aliphatic heterocycles. The Bertz CT molecular complexity index is 584. The minimum absolute atomic E-state index is 0.0394. The third-order valence-electron chi connectivity index (χ3n) is 3.03. The number of nitro benzene ring substituents is 1. The Labute approximate surface area is 122 Å². The fourth-order valence-electron chi connectivity index (χ4n) is 1.65. The van der Waals surface area contributed by atoms with Gasteiger partial charge in [0.25, 0.3) is 14.7 Å². The third-order valence-corrected chi connectivity index (χ3v) is 4.37. The molecule has 0 saturated heterocycles. The van der Waals surface area contributed by atoms with Gasteiger partial charge in [0, 0.05) is 22.8 Å². The summed E-state index contributed by atoms with van der Waals surface area (Å²) in [6, 6.07) is 3.36. The minimum Gasteiger partial charge on any atom is -0.492 e. The van der Waals surface area contributed by atoms with Crippen LogP contribution < -0.4 is 4.74 Å². The van der Waals surface area contributed by atoms with E-state index in [1.54, 1.807) is 0 Å². The molecule has 0 fully saturated rings. The van der Waals surface area contributed by atoms with Crippen molar-refractivity contribution >= 4 is 25.4 Å². The van der Waals surface area contributed by atoms with Crippen molar-refractivity contribution in [1.29, 1.82) is 0 Å². The van der Waals surface area contributed by atoms with Crippen molar-refractivity contribution in [2.24, 2.45) is 5.92 Å². The van der Waals surface area contributed by atoms with E-state index in [9.17, 15) is 18.5 Å². The first-order valence-electron chi connectivity index (χ1n) is 6.15. The highest BCUT2D eigenvalue weighted by atomic mass is 35.7. The third kappa shape index (κ3) is 4.35. The molecule has 0 heterocycles. The van der Waals surface area contributed by atoms with Crippen molar-refractivity contribution in [2.75, 3.05) is 6.61 Å². The van der Waals surface area contributed by atoms with Gasteiger partial charge in [-0.2, -0.15) is 0 Å². The second-order valence-electron chi connectivity index (χ2n) is 4.32. The average Bonchev–Trinajstić information content (AvgIpc) is 2.38. The first-order chi connectivity index (χ1) is 9.29. The summed E-state index contributed by atoms with van der Waals surface area (Å²) in [5.74, 6) is 0.327. The number of benzene rings is 1. The van der Waals surface area contributed by atoms with Crippen LogP contribution in [-0.4, -0.2) is 19.9 Å². The first-order valence-corrected chi connectivity index (χ1v) is 8.46. The van der Waals surface area contributed by atoms with Crippen LogP contribution in [0.3, 0.4) is 0 Å². The van der Waals surface area contributed by atoms with E-state index in [0.29, 0.717) is 6.61 Å². The molecule has 20 heavy (non-hydrogen) atoms. The highest BCUT2D eigenvalue weighted by molar-refractivity contribution is 8.13. The zero-order valence-electron chi connectivity index (χ0n) is 11.2. The van der Waals surface area contributed by atoms with Crippen molar-refractivity contribution in [1.82, 2.24) is 0 Å². The Morgan fingerprint density at radius 2 is 1.95 bits per heavy atom. The van der Waals surface area contributed by atoms with Crippen molar-refractivity contribution in [3.63, 3.8) is 0 Å². The fourth-order valence-corrected chi connectivity index (χ4v) is 2.64. The molecular formula is C12H16ClNO5S. The summed E-state index contributed by atoms with van der Waals surface area (Å²) in [6.45, 7) is 4.35. The fraction of sp³-hybridized carbons (Fsp3) is 0.500. The molecule has 0 spiro atoms. The molecule has 0 aromatic heterocycles. The van der Waals surface area contributed by atoms with Crippen molar-refractivity contribution in [3.05, 3.63) is 28.3 Å². The maximum atomic E-state index is 11.5. The van der Waals surface area contributed by atoms with Gasteiger partial charge in [0.05, 0.1) is 11.5 Å². The zero-order valence-corrected chi connectivity index (χ0v) is 12.8. The monoisotopic (exact) mass is 321 g/mol. The second kappa shape index (κ2) is 6.90. The van der Waals surface area contributed by atoms with Crippen LogP contribution in [0, 0.1) is 16.0 Å². The van der Waals surface area contributed by atoms with E-state index in [0.717, 1.165) is 18.9 Å². The van der Waals surface area contributed by atoms with Crippen molar-refractivity contribution in [3.8, 4) is 5.75 Å². The molecule has 0 saturated carbocycles. The topological polar surface area (TPSA) is 86.5 Å². The lowest BCUT2D eigenvalue weighted by Crippen LogP contribution is -2.11. The molecule has 8 heteroatoms. The molecule has 0 bridgehead atoms. The van der Waals surface area contributed by atoms with Crippen LogP contribution >= 0.6 is 10.7 Å². The maximum absolute atomic E-state index is 11.5. The lowest BCUT2D eigenvalue weighted by Gasteiger charge is -2.15. The predicted molar refractivity (Wildman–Crippen MR) is 75.7 cm³/mol. The summed E-state index contributed by atoms with van der Waals surface area (Å²) in [7, 11) is 1.18. The Hall–Kier alpha value is -1.34. The molecule has 0 aliphatic rings. The van der Waals surface area contributed by atoms with Gasteiger partial charge >= 0.3 is 0 Å². The SMILES string of the molecule is CCC(CC)COc1ccc([N+](=O)[O-])cc1S(=O)(=O)Cl. The predicted octanol–water partition coefficient (Wildman–Crippen LogP) is 3.34. The second-order valence-corrected chi connectivity index (χ2v) is 6.85. The number of halogens is 1. The standard InChI is InChI=1S/C12H16ClNO5S/c1-3-9(4-2)8-19-11-6-5-10(14(15)16)7-12(11)20(13,17)18/h5-7,9H,3-4,8H2,1-2H3. The molecule has 0 amide bonds. The van der Waals surface area contributed by atoms with Crippen LogP contribution in [0.5, 0.6) is 5.75 Å². The Morgan fingerprint density at radius 1 is 1.35 bits per heavy atom. The van der Waals surface area contributed by atoms with Crippen LogP contribution in [-0.2, 0) is 9.05 Å². The molecular weight excluding hydrogens is 306 g/mol. The smallest absolute Gasteiger partial charge is 0.271 e. The lowest BCUT2D eigenvalue weighted by atomic mass is 10.1. The maximum Gasteiger partial charge on any atom is 0.271 e. The molecule has 1 aromatic carbocycles. The van der Waals surface area contributed by atoms with E-state index < -0.39 is 14.0 Å². The van der Waals surface area contributed by atoms with Gasteiger partial charge in [0.1, 0.15) is 10.6 Å². The normalized spacial score (nSPS) is 11.6. The molecule has 0 radical (unpaired) electrons. The average molecular weight is 322 g/mol. The van der Waals surface area contributed by atoms with Crippen molar-refractivity contribution < 1.29 is 18.1 Å². The van der Waals surface area contributed by atoms with Crippen LogP contribution in [0.2, 0.25) is 0 Å². The summed E-state index contributed by atoms with van der Waals surface area (Å²) in [5, 5.41) is 10.7. The van der Waals surface area contributed by atoms with Gasteiger partial charge in [-0.3, -0.25) is 10.1 Å². The van der Waals surface area contributed by atoms with E-state index in [1.165, 1.54) is 12.1 Å². The zero-order chi connectivity index (χ0) is 15.3. The number of ether oxygens (including phenoxy) is 1. The molecule has 1 aromatic rings. The number of rotatable bonds is 7. The largest absolute Gasteiger partial charge is 0.492 e. The highest BCUT2D eigenvalue weighted by Crippen LogP contribution is 2.31.